The Balaban J connectivity index is 1.27. The number of hydrogen-bond acceptors (Lipinski definition) is 3. The van der Waals surface area contributed by atoms with Crippen LogP contribution in [0.1, 0.15) is 29.7 Å². The molecule has 3 nitrogen and oxygen atoms in total. The van der Waals surface area contributed by atoms with E-state index in [4.69, 9.17) is 16.0 Å². The number of furan rings is 1. The van der Waals surface area contributed by atoms with Crippen molar-refractivity contribution in [2.75, 3.05) is 13.1 Å². The van der Waals surface area contributed by atoms with Gasteiger partial charge in [0, 0.05) is 23.2 Å². The minimum absolute atomic E-state index is 0.550. The van der Waals surface area contributed by atoms with Crippen molar-refractivity contribution >= 4 is 11.6 Å². The van der Waals surface area contributed by atoms with Gasteiger partial charge in [-0.05, 0) is 62.2 Å². The summed E-state index contributed by atoms with van der Waals surface area (Å²) in [6.07, 6.45) is 2.35. The number of benzene rings is 2. The number of nitrogens with one attached hydrogen (secondary N) is 1. The normalized spacial score (nSPS) is 15.8. The lowest BCUT2D eigenvalue weighted by atomic mass is 10.0. The first-order valence-electron chi connectivity index (χ1n) is 10.0. The average molecular weight is 395 g/mol. The molecule has 4 heteroatoms. The quantitative estimate of drug-likeness (QED) is 0.584. The Hall–Kier alpha value is -2.07. The maximum Gasteiger partial charge on any atom is 0.134 e. The van der Waals surface area contributed by atoms with Crippen molar-refractivity contribution in [3.63, 3.8) is 0 Å². The van der Waals surface area contributed by atoms with Gasteiger partial charge in [0.1, 0.15) is 11.5 Å². The average Bonchev–Trinajstić information content (AvgIpc) is 3.19. The van der Waals surface area contributed by atoms with Crippen LogP contribution >= 0.6 is 11.6 Å². The largest absolute Gasteiger partial charge is 0.460 e. The Morgan fingerprint density at radius 2 is 1.79 bits per heavy atom. The third kappa shape index (κ3) is 4.67. The van der Waals surface area contributed by atoms with E-state index in [0.29, 0.717) is 6.04 Å². The summed E-state index contributed by atoms with van der Waals surface area (Å²) in [5, 5.41) is 4.44. The summed E-state index contributed by atoms with van der Waals surface area (Å²) in [6, 6.07) is 21.3. The van der Waals surface area contributed by atoms with Crippen LogP contribution < -0.4 is 5.32 Å². The molecule has 1 aliphatic heterocycles. The fraction of sp³-hybridized carbons (Fsp3) is 0.333. The topological polar surface area (TPSA) is 28.4 Å². The second-order valence-corrected chi connectivity index (χ2v) is 8.00. The van der Waals surface area contributed by atoms with Crippen molar-refractivity contribution in [1.82, 2.24) is 10.2 Å². The fourth-order valence-corrected chi connectivity index (χ4v) is 4.05. The zero-order valence-corrected chi connectivity index (χ0v) is 17.1. The summed E-state index contributed by atoms with van der Waals surface area (Å²) in [7, 11) is 0. The molecule has 1 aliphatic rings. The number of likely N-dealkylation sites (tertiary alicyclic amines) is 1. The minimum atomic E-state index is 0.550. The van der Waals surface area contributed by atoms with Gasteiger partial charge < -0.3 is 9.73 Å². The van der Waals surface area contributed by atoms with Crippen LogP contribution in [0.5, 0.6) is 0 Å². The molecule has 0 aliphatic carbocycles. The molecule has 0 unspecified atom stereocenters. The van der Waals surface area contributed by atoms with Crippen LogP contribution in [-0.2, 0) is 13.1 Å². The fourth-order valence-electron chi connectivity index (χ4n) is 3.87. The van der Waals surface area contributed by atoms with Crippen LogP contribution in [0.15, 0.2) is 65.1 Å². The summed E-state index contributed by atoms with van der Waals surface area (Å²) >= 11 is 6.24. The highest BCUT2D eigenvalue weighted by atomic mass is 35.5. The Bertz CT molecular complexity index is 898. The molecular formula is C24H27ClN2O. The number of rotatable bonds is 6. The van der Waals surface area contributed by atoms with E-state index in [-0.39, 0.29) is 0 Å². The van der Waals surface area contributed by atoms with Crippen molar-refractivity contribution in [3.05, 3.63) is 82.6 Å². The molecule has 0 atom stereocenters. The molecule has 2 aromatic carbocycles. The number of piperidine rings is 1. The third-order valence-corrected chi connectivity index (χ3v) is 6.01. The van der Waals surface area contributed by atoms with Crippen molar-refractivity contribution in [2.24, 2.45) is 0 Å². The van der Waals surface area contributed by atoms with Gasteiger partial charge in [0.2, 0.25) is 0 Å². The molecule has 1 saturated heterocycles. The lowest BCUT2D eigenvalue weighted by molar-refractivity contribution is 0.189. The summed E-state index contributed by atoms with van der Waals surface area (Å²) in [6.45, 7) is 6.12. The third-order valence-electron chi connectivity index (χ3n) is 5.60. The Kier molecular flexibility index (Phi) is 6.16. The van der Waals surface area contributed by atoms with Crippen molar-refractivity contribution in [3.8, 4) is 11.3 Å². The van der Waals surface area contributed by atoms with Gasteiger partial charge in [-0.15, -0.1) is 0 Å². The molecular weight excluding hydrogens is 368 g/mol. The highest BCUT2D eigenvalue weighted by Crippen LogP contribution is 2.29. The lowest BCUT2D eigenvalue weighted by Gasteiger charge is -2.32. The van der Waals surface area contributed by atoms with Gasteiger partial charge in [-0.25, -0.2) is 0 Å². The highest BCUT2D eigenvalue weighted by molar-refractivity contribution is 6.31. The predicted molar refractivity (Wildman–Crippen MR) is 115 cm³/mol. The molecule has 28 heavy (non-hydrogen) atoms. The summed E-state index contributed by atoms with van der Waals surface area (Å²) in [4.78, 5) is 2.54. The lowest BCUT2D eigenvalue weighted by Crippen LogP contribution is -2.41. The minimum Gasteiger partial charge on any atom is -0.460 e. The number of halogens is 1. The van der Waals surface area contributed by atoms with Gasteiger partial charge in [-0.3, -0.25) is 4.90 Å². The van der Waals surface area contributed by atoms with Gasteiger partial charge in [-0.2, -0.15) is 0 Å². The van der Waals surface area contributed by atoms with Crippen LogP contribution in [0.25, 0.3) is 11.3 Å². The van der Waals surface area contributed by atoms with Crippen LogP contribution in [-0.4, -0.2) is 24.0 Å². The zero-order valence-electron chi connectivity index (χ0n) is 16.3. The van der Waals surface area contributed by atoms with Crippen LogP contribution in [0.3, 0.4) is 0 Å². The van der Waals surface area contributed by atoms with Gasteiger partial charge in [0.25, 0.3) is 0 Å². The van der Waals surface area contributed by atoms with E-state index >= 15 is 0 Å². The molecule has 0 bridgehead atoms. The SMILES string of the molecule is Cc1c(Cl)cccc1-c1ccc(CNC2CCN(Cc3ccccc3)CC2)o1. The first kappa shape index (κ1) is 19.3. The maximum absolute atomic E-state index is 6.24. The summed E-state index contributed by atoms with van der Waals surface area (Å²) in [5.74, 6) is 1.86. The summed E-state index contributed by atoms with van der Waals surface area (Å²) in [5.41, 5.74) is 3.52. The standard InChI is InChI=1S/C24H27ClN2O/c1-18-22(8-5-9-23(18)25)24-11-10-21(28-24)16-26-20-12-14-27(15-13-20)17-19-6-3-2-4-7-19/h2-11,20,26H,12-17H2,1H3. The molecule has 2 heterocycles. The van der Waals surface area contributed by atoms with E-state index in [2.05, 4.69) is 52.7 Å². The maximum atomic E-state index is 6.24. The molecule has 0 radical (unpaired) electrons. The van der Waals surface area contributed by atoms with E-state index in [1.165, 1.54) is 18.4 Å². The molecule has 1 N–H and O–H groups in total. The zero-order chi connectivity index (χ0) is 19.3. The van der Waals surface area contributed by atoms with Crippen molar-refractivity contribution in [2.45, 2.75) is 38.9 Å². The van der Waals surface area contributed by atoms with Gasteiger partial charge >= 0.3 is 0 Å². The summed E-state index contributed by atoms with van der Waals surface area (Å²) < 4.78 is 6.07. The van der Waals surface area contributed by atoms with Gasteiger partial charge in [0.05, 0.1) is 6.54 Å². The second-order valence-electron chi connectivity index (χ2n) is 7.60. The Morgan fingerprint density at radius 1 is 1.00 bits per heavy atom. The van der Waals surface area contributed by atoms with E-state index in [1.807, 2.05) is 25.1 Å². The molecule has 1 aromatic heterocycles. The van der Waals surface area contributed by atoms with Crippen LogP contribution in [0.2, 0.25) is 5.02 Å². The number of nitrogens with zero attached hydrogens (tertiary/aromatic N) is 1. The van der Waals surface area contributed by atoms with Crippen LogP contribution in [0, 0.1) is 6.92 Å². The second kappa shape index (κ2) is 8.95. The van der Waals surface area contributed by atoms with Gasteiger partial charge in [0.15, 0.2) is 0 Å². The Labute approximate surface area is 172 Å². The molecule has 4 rings (SSSR count). The van der Waals surface area contributed by atoms with Crippen molar-refractivity contribution in [1.29, 1.82) is 0 Å². The molecule has 0 saturated carbocycles. The molecule has 3 aromatic rings. The number of hydrogen-bond donors (Lipinski definition) is 1. The van der Waals surface area contributed by atoms with E-state index in [1.54, 1.807) is 0 Å². The van der Waals surface area contributed by atoms with Crippen LogP contribution in [0.4, 0.5) is 0 Å². The van der Waals surface area contributed by atoms with E-state index < -0.39 is 0 Å². The van der Waals surface area contributed by atoms with E-state index in [0.717, 1.165) is 53.8 Å². The Morgan fingerprint density at radius 3 is 2.57 bits per heavy atom. The molecule has 1 fully saturated rings. The first-order chi connectivity index (χ1) is 13.7. The first-order valence-corrected chi connectivity index (χ1v) is 10.4. The molecule has 146 valence electrons. The molecule has 0 amide bonds. The van der Waals surface area contributed by atoms with Crippen molar-refractivity contribution < 1.29 is 4.42 Å². The molecule has 0 spiro atoms. The predicted octanol–water partition coefficient (Wildman–Crippen LogP) is 5.66. The smallest absolute Gasteiger partial charge is 0.134 e. The van der Waals surface area contributed by atoms with Gasteiger partial charge in [-0.1, -0.05) is 54.1 Å². The van der Waals surface area contributed by atoms with E-state index in [9.17, 15) is 0 Å². The highest BCUT2D eigenvalue weighted by Gasteiger charge is 2.19. The monoisotopic (exact) mass is 394 g/mol.